The highest BCUT2D eigenvalue weighted by atomic mass is 19.1. The first kappa shape index (κ1) is 10.6. The first-order valence-corrected chi connectivity index (χ1v) is 5.26. The molecule has 1 saturated carbocycles. The van der Waals surface area contributed by atoms with Gasteiger partial charge in [0.15, 0.2) is 0 Å². The van der Waals surface area contributed by atoms with E-state index in [0.29, 0.717) is 6.42 Å². The second-order valence-electron chi connectivity index (χ2n) is 4.18. The molecule has 82 valence electrons. The van der Waals surface area contributed by atoms with Crippen LogP contribution in [0.5, 0.6) is 0 Å². The maximum Gasteiger partial charge on any atom is 0.132 e. The third-order valence-corrected chi connectivity index (χ3v) is 3.19. The van der Waals surface area contributed by atoms with Crippen LogP contribution < -0.4 is 0 Å². The van der Waals surface area contributed by atoms with Gasteiger partial charge in [0.1, 0.15) is 11.6 Å². The van der Waals surface area contributed by atoms with E-state index in [0.717, 1.165) is 18.9 Å². The van der Waals surface area contributed by atoms with Gasteiger partial charge in [-0.25, -0.2) is 8.78 Å². The first-order valence-electron chi connectivity index (χ1n) is 5.26. The Morgan fingerprint density at radius 1 is 1.40 bits per heavy atom. The van der Waals surface area contributed by atoms with Crippen LogP contribution in [0.15, 0.2) is 18.2 Å². The molecule has 0 amide bonds. The molecular weight excluding hydrogens is 198 g/mol. The maximum absolute atomic E-state index is 13.5. The highest BCUT2D eigenvalue weighted by Crippen LogP contribution is 2.48. The van der Waals surface area contributed by atoms with E-state index in [9.17, 15) is 13.9 Å². The normalized spacial score (nSPS) is 20.0. The molecule has 15 heavy (non-hydrogen) atoms. The largest absolute Gasteiger partial charge is 0.385 e. The molecule has 1 aromatic rings. The Balaban J connectivity index is 2.42. The minimum atomic E-state index is -1.11. The molecule has 0 aliphatic heterocycles. The zero-order chi connectivity index (χ0) is 11.1. The van der Waals surface area contributed by atoms with Crippen LogP contribution in [-0.4, -0.2) is 5.11 Å². The van der Waals surface area contributed by atoms with E-state index in [2.05, 4.69) is 0 Å². The van der Waals surface area contributed by atoms with Crippen molar-refractivity contribution in [3.05, 3.63) is 35.4 Å². The number of benzene rings is 1. The molecule has 0 bridgehead atoms. The zero-order valence-electron chi connectivity index (χ0n) is 8.63. The van der Waals surface area contributed by atoms with Gasteiger partial charge in [0.05, 0.1) is 5.60 Å². The molecule has 1 N–H and O–H groups in total. The summed E-state index contributed by atoms with van der Waals surface area (Å²) in [4.78, 5) is 0. The minimum absolute atomic E-state index is 0.127. The second kappa shape index (κ2) is 3.56. The number of hydrogen-bond acceptors (Lipinski definition) is 1. The lowest BCUT2D eigenvalue weighted by Crippen LogP contribution is -2.28. The van der Waals surface area contributed by atoms with Crippen LogP contribution in [0.3, 0.4) is 0 Å². The van der Waals surface area contributed by atoms with Gasteiger partial charge in [-0.1, -0.05) is 13.0 Å². The van der Waals surface area contributed by atoms with Gasteiger partial charge in [-0.2, -0.15) is 0 Å². The monoisotopic (exact) mass is 212 g/mol. The van der Waals surface area contributed by atoms with Crippen LogP contribution in [0.4, 0.5) is 8.78 Å². The van der Waals surface area contributed by atoms with E-state index in [-0.39, 0.29) is 11.5 Å². The van der Waals surface area contributed by atoms with E-state index < -0.39 is 17.2 Å². The highest BCUT2D eigenvalue weighted by molar-refractivity contribution is 5.27. The average molecular weight is 212 g/mol. The molecule has 2 rings (SSSR count). The summed E-state index contributed by atoms with van der Waals surface area (Å²) in [7, 11) is 0. The predicted molar refractivity (Wildman–Crippen MR) is 53.3 cm³/mol. The minimum Gasteiger partial charge on any atom is -0.385 e. The fourth-order valence-corrected chi connectivity index (χ4v) is 2.10. The van der Waals surface area contributed by atoms with E-state index in [4.69, 9.17) is 0 Å². The van der Waals surface area contributed by atoms with Crippen molar-refractivity contribution in [1.29, 1.82) is 0 Å². The number of hydrogen-bond donors (Lipinski definition) is 1. The third kappa shape index (κ3) is 1.76. The topological polar surface area (TPSA) is 20.2 Å². The summed E-state index contributed by atoms with van der Waals surface area (Å²) in [5.74, 6) is -1.13. The van der Waals surface area contributed by atoms with Crippen LogP contribution in [0, 0.1) is 17.6 Å². The van der Waals surface area contributed by atoms with Crippen LogP contribution in [-0.2, 0) is 5.60 Å². The lowest BCUT2D eigenvalue weighted by Gasteiger charge is -2.27. The molecule has 1 nitrogen and oxygen atoms in total. The second-order valence-corrected chi connectivity index (χ2v) is 4.18. The molecule has 3 heteroatoms. The molecule has 0 radical (unpaired) electrons. The summed E-state index contributed by atoms with van der Waals surface area (Å²) < 4.78 is 26.3. The molecule has 0 saturated heterocycles. The predicted octanol–water partition coefficient (Wildman–Crippen LogP) is 2.97. The Bertz CT molecular complexity index is 374. The number of halogens is 2. The fraction of sp³-hybridized carbons (Fsp3) is 0.500. The third-order valence-electron chi connectivity index (χ3n) is 3.19. The van der Waals surface area contributed by atoms with Gasteiger partial charge >= 0.3 is 0 Å². The molecular formula is C12H14F2O. The Morgan fingerprint density at radius 2 is 2.07 bits per heavy atom. The van der Waals surface area contributed by atoms with Crippen LogP contribution >= 0.6 is 0 Å². The van der Waals surface area contributed by atoms with Crippen molar-refractivity contribution in [2.75, 3.05) is 0 Å². The number of aliphatic hydroxyl groups is 1. The van der Waals surface area contributed by atoms with Gasteiger partial charge in [-0.15, -0.1) is 0 Å². The van der Waals surface area contributed by atoms with Crippen molar-refractivity contribution in [1.82, 2.24) is 0 Å². The molecule has 1 aliphatic carbocycles. The highest BCUT2D eigenvalue weighted by Gasteiger charge is 2.45. The molecule has 0 aromatic heterocycles. The van der Waals surface area contributed by atoms with E-state index >= 15 is 0 Å². The fourth-order valence-electron chi connectivity index (χ4n) is 2.10. The molecule has 1 fully saturated rings. The quantitative estimate of drug-likeness (QED) is 0.816. The van der Waals surface area contributed by atoms with Gasteiger partial charge in [0, 0.05) is 11.6 Å². The van der Waals surface area contributed by atoms with Crippen molar-refractivity contribution in [3.8, 4) is 0 Å². The van der Waals surface area contributed by atoms with Gasteiger partial charge < -0.3 is 5.11 Å². The first-order chi connectivity index (χ1) is 7.08. The summed E-state index contributed by atoms with van der Waals surface area (Å²) in [6.45, 7) is 1.82. The number of rotatable bonds is 3. The van der Waals surface area contributed by atoms with Crippen LogP contribution in [0.25, 0.3) is 0 Å². The molecule has 1 aliphatic rings. The summed E-state index contributed by atoms with van der Waals surface area (Å²) in [5.41, 5.74) is -0.883. The maximum atomic E-state index is 13.5. The Morgan fingerprint density at radius 3 is 2.53 bits per heavy atom. The van der Waals surface area contributed by atoms with Gasteiger partial charge in [0.2, 0.25) is 0 Å². The molecule has 1 atom stereocenters. The Labute approximate surface area is 87.7 Å². The van der Waals surface area contributed by atoms with E-state index in [1.807, 2.05) is 6.92 Å². The SMILES string of the molecule is CCC(O)(c1ccc(F)cc1F)C1CC1. The standard InChI is InChI=1S/C12H14F2O/c1-2-12(15,8-3-4-8)10-6-5-9(13)7-11(10)14/h5-8,15H,2-4H2,1H3. The van der Waals surface area contributed by atoms with Gasteiger partial charge in [-0.05, 0) is 31.2 Å². The molecule has 1 unspecified atom stereocenters. The van der Waals surface area contributed by atoms with E-state index in [1.165, 1.54) is 12.1 Å². The molecule has 0 heterocycles. The summed E-state index contributed by atoms with van der Waals surface area (Å²) in [5, 5.41) is 10.3. The van der Waals surface area contributed by atoms with Crippen molar-refractivity contribution in [2.24, 2.45) is 5.92 Å². The summed E-state index contributed by atoms with van der Waals surface area (Å²) in [6.07, 6.45) is 2.29. The average Bonchev–Trinajstić information content (AvgIpc) is 3.00. The summed E-state index contributed by atoms with van der Waals surface area (Å²) in [6, 6.07) is 3.38. The van der Waals surface area contributed by atoms with Crippen LogP contribution in [0.1, 0.15) is 31.7 Å². The van der Waals surface area contributed by atoms with Crippen molar-refractivity contribution in [3.63, 3.8) is 0 Å². The van der Waals surface area contributed by atoms with Gasteiger partial charge in [0.25, 0.3) is 0 Å². The van der Waals surface area contributed by atoms with Crippen LogP contribution in [0.2, 0.25) is 0 Å². The molecule has 1 aromatic carbocycles. The molecule has 0 spiro atoms. The van der Waals surface area contributed by atoms with Crippen molar-refractivity contribution in [2.45, 2.75) is 31.8 Å². The van der Waals surface area contributed by atoms with Gasteiger partial charge in [-0.3, -0.25) is 0 Å². The van der Waals surface area contributed by atoms with Crippen molar-refractivity contribution >= 4 is 0 Å². The smallest absolute Gasteiger partial charge is 0.132 e. The Kier molecular flexibility index (Phi) is 2.51. The Hall–Kier alpha value is -0.960. The van der Waals surface area contributed by atoms with E-state index in [1.54, 1.807) is 0 Å². The zero-order valence-corrected chi connectivity index (χ0v) is 8.63. The lowest BCUT2D eigenvalue weighted by atomic mass is 9.86. The summed E-state index contributed by atoms with van der Waals surface area (Å²) >= 11 is 0. The lowest BCUT2D eigenvalue weighted by molar-refractivity contribution is 0.00547. The van der Waals surface area contributed by atoms with Crippen molar-refractivity contribution < 1.29 is 13.9 Å².